The van der Waals surface area contributed by atoms with Crippen LogP contribution in [0.2, 0.25) is 0 Å². The van der Waals surface area contributed by atoms with Crippen molar-refractivity contribution < 1.29 is 0 Å². The van der Waals surface area contributed by atoms with Gasteiger partial charge in [0.25, 0.3) is 0 Å². The second-order valence-corrected chi connectivity index (χ2v) is 4.01. The minimum atomic E-state index is 0.601. The Kier molecular flexibility index (Phi) is 3.13. The lowest BCUT2D eigenvalue weighted by Crippen LogP contribution is -2.44. The number of nitrogens with two attached hydrogens (primary N) is 1. The van der Waals surface area contributed by atoms with Gasteiger partial charge in [0, 0.05) is 44.5 Å². The van der Waals surface area contributed by atoms with E-state index in [-0.39, 0.29) is 0 Å². The standard InChI is InChI=1S/C10H17N5/c1-14-2-4-15(5-3-14)7-9-6-12-8-13-10(9)11/h6,8H,2-5,7H2,1H3,(H2,11,12,13). The van der Waals surface area contributed by atoms with Crippen molar-refractivity contribution in [2.24, 2.45) is 0 Å². The zero-order valence-electron chi connectivity index (χ0n) is 9.06. The molecule has 2 N–H and O–H groups in total. The fourth-order valence-corrected chi connectivity index (χ4v) is 1.74. The predicted molar refractivity (Wildman–Crippen MR) is 59.2 cm³/mol. The first kappa shape index (κ1) is 10.3. The molecule has 0 aromatic carbocycles. The van der Waals surface area contributed by atoms with Gasteiger partial charge in [-0.25, -0.2) is 9.97 Å². The molecule has 0 radical (unpaired) electrons. The number of anilines is 1. The van der Waals surface area contributed by atoms with Crippen LogP contribution in [0.1, 0.15) is 5.56 Å². The van der Waals surface area contributed by atoms with Gasteiger partial charge >= 0.3 is 0 Å². The van der Waals surface area contributed by atoms with Crippen LogP contribution in [-0.2, 0) is 6.54 Å². The second-order valence-electron chi connectivity index (χ2n) is 4.01. The molecule has 0 spiro atoms. The van der Waals surface area contributed by atoms with Crippen LogP contribution in [-0.4, -0.2) is 53.0 Å². The van der Waals surface area contributed by atoms with Crippen molar-refractivity contribution in [3.05, 3.63) is 18.1 Å². The number of nitrogens with zero attached hydrogens (tertiary/aromatic N) is 4. The quantitative estimate of drug-likeness (QED) is 0.728. The van der Waals surface area contributed by atoms with E-state index in [1.54, 1.807) is 6.20 Å². The molecule has 0 atom stereocenters. The van der Waals surface area contributed by atoms with Gasteiger partial charge in [-0.05, 0) is 7.05 Å². The molecule has 5 heteroatoms. The molecule has 82 valence electrons. The molecule has 0 amide bonds. The molecular formula is C10H17N5. The summed E-state index contributed by atoms with van der Waals surface area (Å²) in [4.78, 5) is 12.7. The highest BCUT2D eigenvalue weighted by atomic mass is 15.2. The number of rotatable bonds is 2. The first-order valence-corrected chi connectivity index (χ1v) is 5.21. The average molecular weight is 207 g/mol. The Bertz CT molecular complexity index is 319. The summed E-state index contributed by atoms with van der Waals surface area (Å²) in [5.74, 6) is 0.601. The van der Waals surface area contributed by atoms with Gasteiger partial charge in [-0.15, -0.1) is 0 Å². The van der Waals surface area contributed by atoms with E-state index in [4.69, 9.17) is 5.73 Å². The van der Waals surface area contributed by atoms with Gasteiger partial charge < -0.3 is 10.6 Å². The molecule has 0 aliphatic carbocycles. The smallest absolute Gasteiger partial charge is 0.131 e. The van der Waals surface area contributed by atoms with Crippen molar-refractivity contribution >= 4 is 5.82 Å². The lowest BCUT2D eigenvalue weighted by atomic mass is 10.2. The van der Waals surface area contributed by atoms with Crippen LogP contribution in [0.5, 0.6) is 0 Å². The molecule has 1 aliphatic heterocycles. The number of hydrogen-bond acceptors (Lipinski definition) is 5. The van der Waals surface area contributed by atoms with Gasteiger partial charge in [0.1, 0.15) is 12.1 Å². The summed E-state index contributed by atoms with van der Waals surface area (Å²) in [5, 5.41) is 0. The second kappa shape index (κ2) is 4.55. The summed E-state index contributed by atoms with van der Waals surface area (Å²) >= 11 is 0. The topological polar surface area (TPSA) is 58.3 Å². The lowest BCUT2D eigenvalue weighted by molar-refractivity contribution is 0.148. The summed E-state index contributed by atoms with van der Waals surface area (Å²) in [6, 6.07) is 0. The Morgan fingerprint density at radius 1 is 1.33 bits per heavy atom. The van der Waals surface area contributed by atoms with E-state index in [9.17, 15) is 0 Å². The highest BCUT2D eigenvalue weighted by Gasteiger charge is 2.14. The highest BCUT2D eigenvalue weighted by Crippen LogP contribution is 2.10. The van der Waals surface area contributed by atoms with Gasteiger partial charge in [-0.3, -0.25) is 4.90 Å². The van der Waals surface area contributed by atoms with E-state index < -0.39 is 0 Å². The van der Waals surface area contributed by atoms with Gasteiger partial charge in [-0.1, -0.05) is 0 Å². The third-order valence-corrected chi connectivity index (χ3v) is 2.81. The Balaban J connectivity index is 1.95. The van der Waals surface area contributed by atoms with Crippen molar-refractivity contribution in [2.75, 3.05) is 39.0 Å². The summed E-state index contributed by atoms with van der Waals surface area (Å²) in [7, 11) is 2.15. The summed E-state index contributed by atoms with van der Waals surface area (Å²) in [6.07, 6.45) is 3.30. The van der Waals surface area contributed by atoms with Gasteiger partial charge in [0.15, 0.2) is 0 Å². The normalized spacial score (nSPS) is 19.3. The third-order valence-electron chi connectivity index (χ3n) is 2.81. The Morgan fingerprint density at radius 2 is 2.07 bits per heavy atom. The molecule has 0 bridgehead atoms. The van der Waals surface area contributed by atoms with E-state index >= 15 is 0 Å². The zero-order valence-corrected chi connectivity index (χ0v) is 9.06. The average Bonchev–Trinajstić information content (AvgIpc) is 2.25. The molecule has 5 nitrogen and oxygen atoms in total. The van der Waals surface area contributed by atoms with Crippen LogP contribution < -0.4 is 5.73 Å². The predicted octanol–water partition coefficient (Wildman–Crippen LogP) is -0.194. The summed E-state index contributed by atoms with van der Waals surface area (Å²) in [6.45, 7) is 5.28. The number of likely N-dealkylation sites (N-methyl/N-ethyl adjacent to an activating group) is 1. The number of piperazine rings is 1. The van der Waals surface area contributed by atoms with Crippen molar-refractivity contribution in [3.8, 4) is 0 Å². The lowest BCUT2D eigenvalue weighted by Gasteiger charge is -2.32. The molecule has 0 unspecified atom stereocenters. The van der Waals surface area contributed by atoms with Crippen LogP contribution in [0.25, 0.3) is 0 Å². The molecule has 1 aromatic heterocycles. The fourth-order valence-electron chi connectivity index (χ4n) is 1.74. The number of nitrogen functional groups attached to an aromatic ring is 1. The van der Waals surface area contributed by atoms with E-state index in [0.717, 1.165) is 38.3 Å². The Morgan fingerprint density at radius 3 is 2.73 bits per heavy atom. The van der Waals surface area contributed by atoms with Crippen molar-refractivity contribution in [1.82, 2.24) is 19.8 Å². The molecule has 1 aromatic rings. The van der Waals surface area contributed by atoms with Gasteiger partial charge in [-0.2, -0.15) is 0 Å². The first-order chi connectivity index (χ1) is 7.25. The molecule has 1 saturated heterocycles. The van der Waals surface area contributed by atoms with E-state index in [2.05, 4.69) is 26.8 Å². The SMILES string of the molecule is CN1CCN(Cc2cncnc2N)CC1. The van der Waals surface area contributed by atoms with Crippen LogP contribution in [0, 0.1) is 0 Å². The van der Waals surface area contributed by atoms with Crippen LogP contribution in [0.3, 0.4) is 0 Å². The number of aromatic nitrogens is 2. The van der Waals surface area contributed by atoms with Crippen LogP contribution in [0.4, 0.5) is 5.82 Å². The molecule has 15 heavy (non-hydrogen) atoms. The Labute approximate surface area is 89.9 Å². The maximum Gasteiger partial charge on any atom is 0.131 e. The maximum absolute atomic E-state index is 5.78. The van der Waals surface area contributed by atoms with Crippen LogP contribution >= 0.6 is 0 Å². The van der Waals surface area contributed by atoms with Crippen LogP contribution in [0.15, 0.2) is 12.5 Å². The minimum Gasteiger partial charge on any atom is -0.383 e. The van der Waals surface area contributed by atoms with Gasteiger partial charge in [0.2, 0.25) is 0 Å². The maximum atomic E-state index is 5.78. The largest absolute Gasteiger partial charge is 0.383 e. The first-order valence-electron chi connectivity index (χ1n) is 5.21. The van der Waals surface area contributed by atoms with Gasteiger partial charge in [0.05, 0.1) is 0 Å². The molecule has 1 aliphatic rings. The van der Waals surface area contributed by atoms with E-state index in [1.165, 1.54) is 6.33 Å². The third kappa shape index (κ3) is 2.64. The van der Waals surface area contributed by atoms with E-state index in [0.29, 0.717) is 5.82 Å². The highest BCUT2D eigenvalue weighted by molar-refractivity contribution is 5.36. The van der Waals surface area contributed by atoms with E-state index in [1.807, 2.05) is 0 Å². The molecule has 2 heterocycles. The van der Waals surface area contributed by atoms with Crippen molar-refractivity contribution in [3.63, 3.8) is 0 Å². The van der Waals surface area contributed by atoms with Crippen molar-refractivity contribution in [1.29, 1.82) is 0 Å². The summed E-state index contributed by atoms with van der Waals surface area (Å²) in [5.41, 5.74) is 6.81. The minimum absolute atomic E-state index is 0.601. The fraction of sp³-hybridized carbons (Fsp3) is 0.600. The zero-order chi connectivity index (χ0) is 10.7. The number of hydrogen-bond donors (Lipinski definition) is 1. The summed E-state index contributed by atoms with van der Waals surface area (Å²) < 4.78 is 0. The molecule has 2 rings (SSSR count). The Hall–Kier alpha value is -1.20. The van der Waals surface area contributed by atoms with Crippen molar-refractivity contribution in [2.45, 2.75) is 6.54 Å². The monoisotopic (exact) mass is 207 g/mol. The molecular weight excluding hydrogens is 190 g/mol. The molecule has 1 fully saturated rings. The molecule has 0 saturated carbocycles.